The summed E-state index contributed by atoms with van der Waals surface area (Å²) in [6, 6.07) is 0.429. The van der Waals surface area contributed by atoms with Crippen molar-refractivity contribution in [1.82, 2.24) is 10.2 Å². The van der Waals surface area contributed by atoms with E-state index in [1.807, 2.05) is 13.8 Å². The van der Waals surface area contributed by atoms with Crippen molar-refractivity contribution in [3.05, 3.63) is 0 Å². The lowest BCUT2D eigenvalue weighted by Crippen LogP contribution is -2.42. The molecule has 0 aromatic heterocycles. The maximum absolute atomic E-state index is 11.8. The largest absolute Gasteiger partial charge is 0.353 e. The maximum Gasteiger partial charge on any atom is 0.222 e. The van der Waals surface area contributed by atoms with Gasteiger partial charge in [0, 0.05) is 18.5 Å². The first-order chi connectivity index (χ1) is 10.5. The van der Waals surface area contributed by atoms with Gasteiger partial charge in [-0.05, 0) is 69.4 Å². The van der Waals surface area contributed by atoms with E-state index in [0.717, 1.165) is 17.8 Å². The molecule has 0 spiro atoms. The number of hydrogen-bond acceptors (Lipinski definition) is 2. The summed E-state index contributed by atoms with van der Waals surface area (Å²) < 4.78 is 0. The molecule has 22 heavy (non-hydrogen) atoms. The van der Waals surface area contributed by atoms with E-state index in [4.69, 9.17) is 0 Å². The van der Waals surface area contributed by atoms with Gasteiger partial charge in [-0.3, -0.25) is 4.79 Å². The third-order valence-corrected chi connectivity index (χ3v) is 5.81. The Morgan fingerprint density at radius 1 is 1.00 bits per heavy atom. The average molecular weight is 309 g/mol. The molecule has 3 heteroatoms. The third kappa shape index (κ3) is 5.26. The Bertz CT molecular complexity index is 337. The maximum atomic E-state index is 11.8. The highest BCUT2D eigenvalue weighted by Gasteiger charge is 2.27. The molecule has 0 atom stereocenters. The van der Waals surface area contributed by atoms with Gasteiger partial charge in [0.15, 0.2) is 0 Å². The highest BCUT2D eigenvalue weighted by atomic mass is 16.1. The number of carbonyl (C=O) groups is 1. The molecule has 0 bridgehead atoms. The van der Waals surface area contributed by atoms with Crippen molar-refractivity contribution in [2.75, 3.05) is 19.6 Å². The molecule has 0 aromatic carbocycles. The Morgan fingerprint density at radius 2 is 1.59 bits per heavy atom. The van der Waals surface area contributed by atoms with E-state index >= 15 is 0 Å². The summed E-state index contributed by atoms with van der Waals surface area (Å²) in [6.07, 6.45) is 7.69. The van der Waals surface area contributed by atoms with E-state index < -0.39 is 0 Å². The minimum Gasteiger partial charge on any atom is -0.353 e. The van der Waals surface area contributed by atoms with Crippen LogP contribution in [-0.2, 0) is 4.79 Å². The number of rotatable bonds is 5. The van der Waals surface area contributed by atoms with Gasteiger partial charge >= 0.3 is 0 Å². The molecule has 1 heterocycles. The van der Waals surface area contributed by atoms with Crippen LogP contribution in [0.2, 0.25) is 0 Å². The highest BCUT2D eigenvalue weighted by Crippen LogP contribution is 2.29. The fourth-order valence-corrected chi connectivity index (χ4v) is 4.02. The Morgan fingerprint density at radius 3 is 2.09 bits per heavy atom. The van der Waals surface area contributed by atoms with Crippen molar-refractivity contribution in [1.29, 1.82) is 0 Å². The summed E-state index contributed by atoms with van der Waals surface area (Å²) in [4.78, 5) is 14.5. The van der Waals surface area contributed by atoms with Crippen LogP contribution < -0.4 is 5.32 Å². The first-order valence-electron chi connectivity index (χ1n) is 9.48. The molecule has 1 saturated carbocycles. The van der Waals surface area contributed by atoms with Crippen LogP contribution >= 0.6 is 0 Å². The Labute approximate surface area is 137 Å². The average Bonchev–Trinajstić information content (AvgIpc) is 2.49. The lowest BCUT2D eigenvalue weighted by molar-refractivity contribution is -0.125. The molecule has 1 N–H and O–H groups in total. The molecule has 1 amide bonds. The van der Waals surface area contributed by atoms with Crippen LogP contribution in [0.15, 0.2) is 0 Å². The van der Waals surface area contributed by atoms with Gasteiger partial charge in [-0.15, -0.1) is 0 Å². The van der Waals surface area contributed by atoms with Crippen molar-refractivity contribution >= 4 is 5.91 Å². The topological polar surface area (TPSA) is 32.3 Å². The Hall–Kier alpha value is -0.570. The molecule has 2 rings (SSSR count). The van der Waals surface area contributed by atoms with E-state index in [2.05, 4.69) is 24.1 Å². The minimum absolute atomic E-state index is 0.111. The number of amides is 1. The number of hydrogen-bond donors (Lipinski definition) is 1. The molecule has 0 radical (unpaired) electrons. The molecule has 1 aliphatic carbocycles. The van der Waals surface area contributed by atoms with Crippen molar-refractivity contribution in [2.24, 2.45) is 23.7 Å². The van der Waals surface area contributed by atoms with E-state index in [9.17, 15) is 4.79 Å². The molecule has 128 valence electrons. The number of piperidine rings is 1. The Balaban J connectivity index is 1.65. The number of nitrogens with zero attached hydrogens (tertiary/aromatic N) is 1. The zero-order chi connectivity index (χ0) is 16.1. The number of carbonyl (C=O) groups excluding carboxylic acids is 1. The Kier molecular flexibility index (Phi) is 6.73. The quantitative estimate of drug-likeness (QED) is 0.840. The second-order valence-corrected chi connectivity index (χ2v) is 8.26. The zero-order valence-electron chi connectivity index (χ0n) is 15.1. The number of likely N-dealkylation sites (tertiary alicyclic amines) is 1. The van der Waals surface area contributed by atoms with Crippen molar-refractivity contribution < 1.29 is 4.79 Å². The third-order valence-electron chi connectivity index (χ3n) is 5.81. The lowest BCUT2D eigenvalue weighted by atomic mass is 9.83. The monoisotopic (exact) mass is 308 g/mol. The van der Waals surface area contributed by atoms with E-state index in [0.29, 0.717) is 6.04 Å². The van der Waals surface area contributed by atoms with Crippen LogP contribution in [0.1, 0.15) is 66.2 Å². The molecule has 2 aliphatic rings. The second kappa shape index (κ2) is 8.33. The van der Waals surface area contributed by atoms with Crippen LogP contribution in [-0.4, -0.2) is 36.5 Å². The summed E-state index contributed by atoms with van der Waals surface area (Å²) in [6.45, 7) is 12.6. The van der Waals surface area contributed by atoms with Gasteiger partial charge in [-0.1, -0.05) is 27.7 Å². The second-order valence-electron chi connectivity index (χ2n) is 8.26. The summed E-state index contributed by atoms with van der Waals surface area (Å²) in [5.74, 6) is 2.97. The van der Waals surface area contributed by atoms with Gasteiger partial charge in [-0.25, -0.2) is 0 Å². The molecule has 0 unspecified atom stereocenters. The van der Waals surface area contributed by atoms with E-state index in [-0.39, 0.29) is 11.8 Å². The van der Waals surface area contributed by atoms with Crippen molar-refractivity contribution in [3.63, 3.8) is 0 Å². The van der Waals surface area contributed by atoms with Crippen LogP contribution in [0.5, 0.6) is 0 Å². The van der Waals surface area contributed by atoms with Crippen molar-refractivity contribution in [3.8, 4) is 0 Å². The van der Waals surface area contributed by atoms with Gasteiger partial charge in [0.1, 0.15) is 0 Å². The van der Waals surface area contributed by atoms with Gasteiger partial charge in [0.05, 0.1) is 0 Å². The predicted octanol–water partition coefficient (Wildman–Crippen LogP) is 3.69. The summed E-state index contributed by atoms with van der Waals surface area (Å²) in [5.41, 5.74) is 0. The van der Waals surface area contributed by atoms with Gasteiger partial charge in [0.25, 0.3) is 0 Å². The molecule has 1 aliphatic heterocycles. The van der Waals surface area contributed by atoms with Crippen LogP contribution in [0.3, 0.4) is 0 Å². The molecular formula is C19H36N2O. The summed E-state index contributed by atoms with van der Waals surface area (Å²) >= 11 is 0. The molecule has 2 fully saturated rings. The molecule has 3 nitrogen and oxygen atoms in total. The standard InChI is InChI=1S/C19H36N2O/c1-14(2)17-9-11-21(12-10-17)13-16-5-7-18(8-6-16)20-19(22)15(3)4/h14-18H,5-13H2,1-4H3,(H,20,22). The first kappa shape index (κ1) is 17.8. The lowest BCUT2D eigenvalue weighted by Gasteiger charge is -2.37. The smallest absolute Gasteiger partial charge is 0.222 e. The van der Waals surface area contributed by atoms with Gasteiger partial charge < -0.3 is 10.2 Å². The van der Waals surface area contributed by atoms with E-state index in [1.165, 1.54) is 58.2 Å². The van der Waals surface area contributed by atoms with Gasteiger partial charge in [0.2, 0.25) is 5.91 Å². The van der Waals surface area contributed by atoms with E-state index in [1.54, 1.807) is 0 Å². The zero-order valence-corrected chi connectivity index (χ0v) is 15.1. The molecule has 0 aromatic rings. The summed E-state index contributed by atoms with van der Waals surface area (Å²) in [7, 11) is 0. The fourth-order valence-electron chi connectivity index (χ4n) is 4.02. The number of nitrogens with one attached hydrogen (secondary N) is 1. The normalized spacial score (nSPS) is 28.3. The first-order valence-corrected chi connectivity index (χ1v) is 9.48. The summed E-state index contributed by atoms with van der Waals surface area (Å²) in [5, 5.41) is 3.21. The SMILES string of the molecule is CC(C)C(=O)NC1CCC(CN2CCC(C(C)C)CC2)CC1. The minimum atomic E-state index is 0.111. The fraction of sp³-hybridized carbons (Fsp3) is 0.947. The molecule has 1 saturated heterocycles. The molecular weight excluding hydrogens is 272 g/mol. The predicted molar refractivity (Wildman–Crippen MR) is 92.7 cm³/mol. The highest BCUT2D eigenvalue weighted by molar-refractivity contribution is 5.78. The van der Waals surface area contributed by atoms with Crippen LogP contribution in [0.25, 0.3) is 0 Å². The van der Waals surface area contributed by atoms with Gasteiger partial charge in [-0.2, -0.15) is 0 Å². The van der Waals surface area contributed by atoms with Crippen LogP contribution in [0, 0.1) is 23.7 Å². The van der Waals surface area contributed by atoms with Crippen molar-refractivity contribution in [2.45, 2.75) is 72.3 Å². The van der Waals surface area contributed by atoms with Crippen LogP contribution in [0.4, 0.5) is 0 Å².